The summed E-state index contributed by atoms with van der Waals surface area (Å²) < 4.78 is 0. The van der Waals surface area contributed by atoms with Crippen LogP contribution in [0.5, 0.6) is 0 Å². The van der Waals surface area contributed by atoms with E-state index in [2.05, 4.69) is 50.7 Å². The number of rotatable bonds is 13. The van der Waals surface area contributed by atoms with E-state index in [1.165, 1.54) is 63.8 Å². The fourth-order valence-corrected chi connectivity index (χ4v) is 4.79. The van der Waals surface area contributed by atoms with Gasteiger partial charge < -0.3 is 0 Å². The smallest absolute Gasteiger partial charge is 0.129 e. The Morgan fingerprint density at radius 1 is 0.643 bits per heavy atom. The quantitative estimate of drug-likeness (QED) is 0.0907. The van der Waals surface area contributed by atoms with Gasteiger partial charge in [-0.3, -0.25) is 0 Å². The molecule has 0 spiro atoms. The molecule has 0 aliphatic heterocycles. The second-order valence-corrected chi connectivity index (χ2v) is 20.7. The van der Waals surface area contributed by atoms with Crippen molar-refractivity contribution >= 4 is 39.3 Å². The molecule has 0 nitrogen and oxygen atoms in total. The first-order valence-electron chi connectivity index (χ1n) is 10.7. The van der Waals surface area contributed by atoms with Crippen molar-refractivity contribution in [2.75, 3.05) is 11.8 Å². The summed E-state index contributed by atoms with van der Waals surface area (Å²) in [5, 5.41) is 0. The van der Waals surface area contributed by atoms with Crippen LogP contribution in [0, 0.1) is 11.5 Å². The molecule has 0 saturated heterocycles. The van der Waals surface area contributed by atoms with Crippen LogP contribution in [0.25, 0.3) is 0 Å². The van der Waals surface area contributed by atoms with E-state index in [9.17, 15) is 0 Å². The molecule has 0 fully saturated rings. The molecule has 0 aliphatic carbocycles. The molecule has 28 heavy (non-hydrogen) atoms. The summed E-state index contributed by atoms with van der Waals surface area (Å²) in [6.07, 6.45) is 14.3. The predicted octanol–water partition coefficient (Wildman–Crippen LogP) is 9.20. The maximum absolute atomic E-state index is 5.61. The number of alkyl halides is 2. The fourth-order valence-electron chi connectivity index (χ4n) is 2.45. The third-order valence-corrected chi connectivity index (χ3v) is 7.27. The SMILES string of the molecule is C[Si](C)(C)C#CCCCCCCCl.C[Si](C)(C)CCCCCCCCCl.[HH].[Ni].[Zn]. The predicted molar refractivity (Wildman–Crippen MR) is 134 cm³/mol. The summed E-state index contributed by atoms with van der Waals surface area (Å²) in [4.78, 5) is 0. The molecule has 0 aromatic rings. The van der Waals surface area contributed by atoms with Crippen molar-refractivity contribution in [1.29, 1.82) is 0 Å². The Morgan fingerprint density at radius 2 is 1.04 bits per heavy atom. The molecule has 0 N–H and O–H groups in total. The maximum atomic E-state index is 5.61. The van der Waals surface area contributed by atoms with Gasteiger partial charge in [0.2, 0.25) is 0 Å². The molecule has 0 atom stereocenters. The average Bonchev–Trinajstić information content (AvgIpc) is 2.52. The number of hydrogen-bond donors (Lipinski definition) is 0. The molecule has 0 amide bonds. The summed E-state index contributed by atoms with van der Waals surface area (Å²) in [5.74, 6) is 4.93. The minimum Gasteiger partial charge on any atom is -0.132 e. The van der Waals surface area contributed by atoms with Gasteiger partial charge in [-0.15, -0.1) is 34.7 Å². The molecule has 0 aliphatic rings. The summed E-state index contributed by atoms with van der Waals surface area (Å²) in [6, 6.07) is 1.50. The van der Waals surface area contributed by atoms with Crippen LogP contribution < -0.4 is 0 Å². The second-order valence-electron chi connectivity index (χ2n) is 9.53. The molecular weight excluding hydrogens is 515 g/mol. The van der Waals surface area contributed by atoms with E-state index >= 15 is 0 Å². The Balaban J connectivity index is -0.000000120. The fraction of sp³-hybridized carbons (Fsp3) is 0.909. The summed E-state index contributed by atoms with van der Waals surface area (Å²) in [5.41, 5.74) is 3.38. The topological polar surface area (TPSA) is 0 Å². The number of hydrogen-bond acceptors (Lipinski definition) is 0. The zero-order valence-corrected chi connectivity index (χ0v) is 27.1. The van der Waals surface area contributed by atoms with Gasteiger partial charge in [0.1, 0.15) is 8.07 Å². The van der Waals surface area contributed by atoms with Gasteiger partial charge in [0.15, 0.2) is 0 Å². The minimum atomic E-state index is -1.11. The standard InChI is InChI=1S/C11H25ClSi.C11H21ClSi.Ni.Zn.H2/c2*1-13(2,3)11-9-7-5-4-6-8-10-12;;;/h4-11H2,1-3H3;4-8,10H2,1-3H3;;;1H. The van der Waals surface area contributed by atoms with Crippen LogP contribution in [0.1, 0.15) is 72.1 Å². The Kier molecular flexibility index (Phi) is 33.0. The van der Waals surface area contributed by atoms with Gasteiger partial charge in [-0.25, -0.2) is 0 Å². The molecule has 6 heteroatoms. The molecule has 0 unspecified atom stereocenters. The largest absolute Gasteiger partial charge is 0.132 e. The third kappa shape index (κ3) is 41.9. The average molecular weight is 564 g/mol. The van der Waals surface area contributed by atoms with Crippen LogP contribution in [0.3, 0.4) is 0 Å². The second kappa shape index (κ2) is 25.0. The van der Waals surface area contributed by atoms with E-state index in [4.69, 9.17) is 23.2 Å². The Morgan fingerprint density at radius 3 is 1.43 bits per heavy atom. The van der Waals surface area contributed by atoms with E-state index in [0.717, 1.165) is 24.6 Å². The molecule has 0 bridgehead atoms. The molecule has 0 aromatic carbocycles. The third-order valence-electron chi connectivity index (χ3n) is 3.96. The Hall–Kier alpha value is 1.69. The normalized spacial score (nSPS) is 10.6. The van der Waals surface area contributed by atoms with Crippen molar-refractivity contribution in [2.45, 2.75) is 116 Å². The van der Waals surface area contributed by atoms with Crippen LogP contribution >= 0.6 is 23.2 Å². The first-order chi connectivity index (χ1) is 12.1. The maximum Gasteiger partial charge on any atom is 0.129 e. The Labute approximate surface area is 214 Å². The van der Waals surface area contributed by atoms with E-state index in [0.29, 0.717) is 0 Å². The van der Waals surface area contributed by atoms with Gasteiger partial charge in [0.25, 0.3) is 0 Å². The van der Waals surface area contributed by atoms with Crippen LogP contribution in [0.4, 0.5) is 0 Å². The van der Waals surface area contributed by atoms with Crippen LogP contribution in [-0.2, 0) is 36.0 Å². The zero-order chi connectivity index (χ0) is 20.3. The molecule has 0 radical (unpaired) electrons. The minimum absolute atomic E-state index is 0. The Bertz CT molecular complexity index is 365. The van der Waals surface area contributed by atoms with Gasteiger partial charge in [-0.1, -0.05) is 90.3 Å². The van der Waals surface area contributed by atoms with E-state index in [1.807, 2.05) is 0 Å². The first kappa shape index (κ1) is 37.0. The monoisotopic (exact) mass is 560 g/mol. The van der Waals surface area contributed by atoms with Gasteiger partial charge >= 0.3 is 0 Å². The van der Waals surface area contributed by atoms with Crippen molar-refractivity contribution < 1.29 is 37.4 Å². The van der Waals surface area contributed by atoms with Gasteiger partial charge in [-0.05, 0) is 19.3 Å². The summed E-state index contributed by atoms with van der Waals surface area (Å²) in [7, 11) is -1.87. The van der Waals surface area contributed by atoms with Gasteiger partial charge in [0.05, 0.1) is 0 Å². The van der Waals surface area contributed by atoms with Crippen LogP contribution in [-0.4, -0.2) is 27.9 Å². The van der Waals surface area contributed by atoms with E-state index in [1.54, 1.807) is 0 Å². The van der Waals surface area contributed by atoms with Crippen LogP contribution in [0.15, 0.2) is 0 Å². The molecule has 0 heterocycles. The zero-order valence-electron chi connectivity index (χ0n) is 19.7. The first-order valence-corrected chi connectivity index (χ1v) is 19.0. The van der Waals surface area contributed by atoms with Crippen molar-refractivity contribution in [3.05, 3.63) is 0 Å². The number of unbranched alkanes of at least 4 members (excludes halogenated alkanes) is 9. The summed E-state index contributed by atoms with van der Waals surface area (Å²) >= 11 is 11.2. The van der Waals surface area contributed by atoms with Crippen molar-refractivity contribution in [3.63, 3.8) is 0 Å². The van der Waals surface area contributed by atoms with Gasteiger partial charge in [-0.2, -0.15) is 0 Å². The molecular formula is C22H48Cl2NiSi2Zn. The molecule has 0 aromatic heterocycles. The van der Waals surface area contributed by atoms with Crippen molar-refractivity contribution in [2.24, 2.45) is 0 Å². The van der Waals surface area contributed by atoms with Crippen LogP contribution in [0.2, 0.25) is 45.3 Å². The van der Waals surface area contributed by atoms with E-state index in [-0.39, 0.29) is 37.4 Å². The molecule has 0 saturated carbocycles. The van der Waals surface area contributed by atoms with E-state index < -0.39 is 16.1 Å². The number of halogens is 2. The molecule has 170 valence electrons. The van der Waals surface area contributed by atoms with Crippen molar-refractivity contribution in [1.82, 2.24) is 0 Å². The van der Waals surface area contributed by atoms with Crippen molar-refractivity contribution in [3.8, 4) is 11.5 Å². The molecule has 0 rings (SSSR count). The van der Waals surface area contributed by atoms with Gasteiger partial charge in [0, 0.05) is 63.7 Å². The summed E-state index contributed by atoms with van der Waals surface area (Å²) in [6.45, 7) is 14.2.